The number of H-pyrrole nitrogens is 1. The Morgan fingerprint density at radius 2 is 2.39 bits per heavy atom. The summed E-state index contributed by atoms with van der Waals surface area (Å²) in [5.41, 5.74) is 1.20. The van der Waals surface area contributed by atoms with Gasteiger partial charge < -0.3 is 4.98 Å². The molecule has 0 amide bonds. The molecule has 2 aromatic rings. The summed E-state index contributed by atoms with van der Waals surface area (Å²) in [5.74, 6) is 3.15. The van der Waals surface area contributed by atoms with Crippen LogP contribution in [-0.4, -0.2) is 16.5 Å². The zero-order chi connectivity index (χ0) is 12.5. The number of aryl methyl sites for hydroxylation is 2. The van der Waals surface area contributed by atoms with Crippen molar-refractivity contribution in [3.63, 3.8) is 0 Å². The Balaban J connectivity index is 2.02. The molecule has 0 bridgehead atoms. The van der Waals surface area contributed by atoms with Crippen LogP contribution >= 0.6 is 11.3 Å². The van der Waals surface area contributed by atoms with E-state index in [1.165, 1.54) is 10.4 Å². The van der Waals surface area contributed by atoms with Gasteiger partial charge >= 0.3 is 0 Å². The van der Waals surface area contributed by atoms with Crippen LogP contribution in [0.1, 0.15) is 22.7 Å². The quantitative estimate of drug-likeness (QED) is 0.643. The first-order valence-corrected chi connectivity index (χ1v) is 6.79. The third-order valence-electron chi connectivity index (χ3n) is 3.14. The summed E-state index contributed by atoms with van der Waals surface area (Å²) in [6.45, 7) is 0.973. The van der Waals surface area contributed by atoms with Gasteiger partial charge in [0.05, 0.1) is 18.5 Å². The van der Waals surface area contributed by atoms with Gasteiger partial charge in [-0.05, 0) is 24.8 Å². The van der Waals surface area contributed by atoms with Gasteiger partial charge in [-0.3, -0.25) is 10.1 Å². The summed E-state index contributed by atoms with van der Waals surface area (Å²) in [7, 11) is 0. The van der Waals surface area contributed by atoms with E-state index in [0.717, 1.165) is 29.5 Å². The van der Waals surface area contributed by atoms with E-state index in [4.69, 9.17) is 6.42 Å². The number of thiophene rings is 1. The third kappa shape index (κ3) is 1.84. The lowest BCUT2D eigenvalue weighted by molar-refractivity contribution is 0.725. The molecule has 0 saturated carbocycles. The van der Waals surface area contributed by atoms with E-state index < -0.39 is 0 Å². The molecule has 18 heavy (non-hydrogen) atoms. The molecule has 2 heterocycles. The van der Waals surface area contributed by atoms with Gasteiger partial charge in [0.15, 0.2) is 0 Å². The molecule has 92 valence electrons. The predicted octanol–water partition coefficient (Wildman–Crippen LogP) is 1.20. The molecule has 1 aliphatic carbocycles. The Morgan fingerprint density at radius 1 is 1.50 bits per heavy atom. The van der Waals surface area contributed by atoms with Crippen molar-refractivity contribution in [1.29, 1.82) is 0 Å². The Kier molecular flexibility index (Phi) is 2.90. The van der Waals surface area contributed by atoms with E-state index in [-0.39, 0.29) is 5.56 Å². The van der Waals surface area contributed by atoms with Crippen LogP contribution < -0.4 is 10.9 Å². The van der Waals surface area contributed by atoms with E-state index in [9.17, 15) is 4.79 Å². The molecule has 2 N–H and O–H groups in total. The molecule has 2 aromatic heterocycles. The van der Waals surface area contributed by atoms with Gasteiger partial charge in [-0.1, -0.05) is 5.92 Å². The fourth-order valence-corrected chi connectivity index (χ4v) is 3.66. The van der Waals surface area contributed by atoms with Crippen molar-refractivity contribution in [2.75, 3.05) is 6.54 Å². The Bertz CT molecular complexity index is 693. The lowest BCUT2D eigenvalue weighted by Gasteiger charge is -2.01. The molecule has 3 rings (SSSR count). The summed E-state index contributed by atoms with van der Waals surface area (Å²) >= 11 is 1.65. The fraction of sp³-hybridized carbons (Fsp3) is 0.385. The zero-order valence-electron chi connectivity index (χ0n) is 9.88. The number of fused-ring (bicyclic) bond motifs is 3. The number of nitrogens with one attached hydrogen (secondary N) is 2. The van der Waals surface area contributed by atoms with Crippen molar-refractivity contribution in [2.45, 2.75) is 25.8 Å². The van der Waals surface area contributed by atoms with Crippen LogP contribution in [0.5, 0.6) is 0 Å². The monoisotopic (exact) mass is 259 g/mol. The first-order chi connectivity index (χ1) is 8.79. The Labute approximate surface area is 108 Å². The van der Waals surface area contributed by atoms with Gasteiger partial charge in [-0.2, -0.15) is 0 Å². The number of hydrogen-bond acceptors (Lipinski definition) is 4. The number of hydrogen-bond donors (Lipinski definition) is 2. The van der Waals surface area contributed by atoms with E-state index >= 15 is 0 Å². The summed E-state index contributed by atoms with van der Waals surface area (Å²) < 4.78 is 0. The van der Waals surface area contributed by atoms with E-state index in [0.29, 0.717) is 18.9 Å². The van der Waals surface area contributed by atoms with E-state index in [2.05, 4.69) is 21.2 Å². The first-order valence-electron chi connectivity index (χ1n) is 5.97. The largest absolute Gasteiger partial charge is 0.309 e. The minimum absolute atomic E-state index is 0.0168. The summed E-state index contributed by atoms with van der Waals surface area (Å²) in [4.78, 5) is 21.6. The van der Waals surface area contributed by atoms with Crippen LogP contribution in [0.3, 0.4) is 0 Å². The average molecular weight is 259 g/mol. The molecule has 0 spiro atoms. The number of nitrogens with zero attached hydrogens (tertiary/aromatic N) is 1. The summed E-state index contributed by atoms with van der Waals surface area (Å²) in [6, 6.07) is 0. The highest BCUT2D eigenvalue weighted by Gasteiger charge is 2.20. The topological polar surface area (TPSA) is 57.8 Å². The van der Waals surface area contributed by atoms with Crippen molar-refractivity contribution < 1.29 is 0 Å². The summed E-state index contributed by atoms with van der Waals surface area (Å²) in [5, 5.41) is 3.83. The van der Waals surface area contributed by atoms with Gasteiger partial charge in [0.2, 0.25) is 0 Å². The lowest BCUT2D eigenvalue weighted by Crippen LogP contribution is -2.19. The molecule has 0 fully saturated rings. The molecule has 0 aliphatic heterocycles. The van der Waals surface area contributed by atoms with Crippen LogP contribution in [0, 0.1) is 12.3 Å². The average Bonchev–Trinajstić information content (AvgIpc) is 2.88. The lowest BCUT2D eigenvalue weighted by atomic mass is 10.2. The van der Waals surface area contributed by atoms with Crippen LogP contribution in [0.2, 0.25) is 0 Å². The highest BCUT2D eigenvalue weighted by atomic mass is 32.1. The van der Waals surface area contributed by atoms with Crippen molar-refractivity contribution in [2.24, 2.45) is 0 Å². The Hall–Kier alpha value is -1.64. The standard InChI is InChI=1S/C13H13N3OS/c1-2-6-14-7-10-15-12(17)11-8-4-3-5-9(8)18-13(11)16-10/h1,14H,3-7H2,(H,15,16,17). The fourth-order valence-electron chi connectivity index (χ4n) is 2.38. The maximum Gasteiger partial charge on any atom is 0.259 e. The van der Waals surface area contributed by atoms with Gasteiger partial charge in [0, 0.05) is 4.88 Å². The number of terminal acetylenes is 1. The molecule has 0 atom stereocenters. The number of aromatic amines is 1. The summed E-state index contributed by atoms with van der Waals surface area (Å²) in [6.07, 6.45) is 8.41. The van der Waals surface area contributed by atoms with Crippen molar-refractivity contribution in [1.82, 2.24) is 15.3 Å². The number of aromatic nitrogens is 2. The predicted molar refractivity (Wildman–Crippen MR) is 72.8 cm³/mol. The van der Waals surface area contributed by atoms with Crippen molar-refractivity contribution >= 4 is 21.6 Å². The van der Waals surface area contributed by atoms with Crippen molar-refractivity contribution in [3.8, 4) is 12.3 Å². The molecule has 1 aliphatic rings. The molecule has 0 unspecified atom stereocenters. The molecular weight excluding hydrogens is 246 g/mol. The highest BCUT2D eigenvalue weighted by Crippen LogP contribution is 2.34. The van der Waals surface area contributed by atoms with Gasteiger partial charge in [-0.25, -0.2) is 4.98 Å². The van der Waals surface area contributed by atoms with Crippen LogP contribution in [0.4, 0.5) is 0 Å². The molecule has 0 aromatic carbocycles. The molecule has 0 saturated heterocycles. The molecule has 5 heteroatoms. The first kappa shape index (κ1) is 11.5. The van der Waals surface area contributed by atoms with Crippen LogP contribution in [-0.2, 0) is 19.4 Å². The van der Waals surface area contributed by atoms with Crippen molar-refractivity contribution in [3.05, 3.63) is 26.6 Å². The number of rotatable bonds is 3. The third-order valence-corrected chi connectivity index (χ3v) is 4.33. The Morgan fingerprint density at radius 3 is 3.22 bits per heavy atom. The van der Waals surface area contributed by atoms with Gasteiger partial charge in [0.1, 0.15) is 10.7 Å². The zero-order valence-corrected chi connectivity index (χ0v) is 10.7. The highest BCUT2D eigenvalue weighted by molar-refractivity contribution is 7.18. The maximum absolute atomic E-state index is 12.1. The molecular formula is C13H13N3OS. The second-order valence-corrected chi connectivity index (χ2v) is 5.44. The van der Waals surface area contributed by atoms with Gasteiger partial charge in [-0.15, -0.1) is 17.8 Å². The SMILES string of the molecule is C#CCNCc1nc2sc3c(c2c(=O)[nH]1)CCC3. The molecule has 0 radical (unpaired) electrons. The second kappa shape index (κ2) is 4.56. The van der Waals surface area contributed by atoms with Crippen LogP contribution in [0.25, 0.3) is 10.2 Å². The van der Waals surface area contributed by atoms with Crippen LogP contribution in [0.15, 0.2) is 4.79 Å². The minimum atomic E-state index is -0.0168. The maximum atomic E-state index is 12.1. The normalized spacial score (nSPS) is 13.7. The second-order valence-electron chi connectivity index (χ2n) is 4.36. The minimum Gasteiger partial charge on any atom is -0.309 e. The van der Waals surface area contributed by atoms with Gasteiger partial charge in [0.25, 0.3) is 5.56 Å². The van der Waals surface area contributed by atoms with E-state index in [1.807, 2.05) is 0 Å². The molecule has 4 nitrogen and oxygen atoms in total. The smallest absolute Gasteiger partial charge is 0.259 e. The van der Waals surface area contributed by atoms with E-state index in [1.54, 1.807) is 11.3 Å².